The molecule has 0 aliphatic rings. The molecule has 0 fully saturated rings. The summed E-state index contributed by atoms with van der Waals surface area (Å²) in [4.78, 5) is 14.7. The number of carbonyl (C=O) groups is 1. The number of thiophene rings is 2. The summed E-state index contributed by atoms with van der Waals surface area (Å²) in [7, 11) is 0. The quantitative estimate of drug-likeness (QED) is 0.911. The van der Waals surface area contributed by atoms with Crippen molar-refractivity contribution in [3.8, 4) is 9.75 Å². The Hall–Kier alpha value is -0.780. The van der Waals surface area contributed by atoms with Gasteiger partial charge in [0.05, 0.1) is 0 Å². The molecule has 0 radical (unpaired) electrons. The van der Waals surface area contributed by atoms with Crippen LogP contribution in [0.1, 0.15) is 14.5 Å². The molecule has 0 aromatic carbocycles. The van der Waals surface area contributed by atoms with E-state index in [1.807, 2.05) is 6.07 Å². The summed E-state index contributed by atoms with van der Waals surface area (Å²) in [5, 5.41) is 8.84. The van der Waals surface area contributed by atoms with Crippen LogP contribution in [-0.2, 0) is 5.75 Å². The van der Waals surface area contributed by atoms with Crippen molar-refractivity contribution < 1.29 is 9.90 Å². The fraction of sp³-hybridized carbons (Fsp3) is 0.182. The maximum absolute atomic E-state index is 10.8. The molecule has 0 aliphatic carbocycles. The maximum atomic E-state index is 10.8. The highest BCUT2D eigenvalue weighted by atomic mass is 32.2. The molecule has 0 aliphatic heterocycles. The lowest BCUT2D eigenvalue weighted by atomic mass is 10.3. The summed E-state index contributed by atoms with van der Waals surface area (Å²) in [5.41, 5.74) is 0. The Kier molecular flexibility index (Phi) is 3.68. The topological polar surface area (TPSA) is 37.3 Å². The standard InChI is InChI=1S/C11H10O2S3/c1-14-6-7-2-3-8(15-7)9-4-5-10(16-9)11(12)13/h2-5H,6H2,1H3,(H,12,13). The molecule has 2 aromatic heterocycles. The van der Waals surface area contributed by atoms with Crippen LogP contribution in [0.2, 0.25) is 0 Å². The molecule has 0 saturated carbocycles. The number of carboxylic acids is 1. The SMILES string of the molecule is CSCc1ccc(-c2ccc(C(=O)O)s2)s1. The van der Waals surface area contributed by atoms with Crippen LogP contribution >= 0.6 is 34.4 Å². The molecule has 2 heterocycles. The van der Waals surface area contributed by atoms with Gasteiger partial charge in [0, 0.05) is 20.4 Å². The zero-order valence-corrected chi connectivity index (χ0v) is 11.0. The number of carboxylic acid groups (broad SMARTS) is 1. The Bertz CT molecular complexity index is 499. The second-order valence-corrected chi connectivity index (χ2v) is 6.29. The predicted molar refractivity (Wildman–Crippen MR) is 71.8 cm³/mol. The van der Waals surface area contributed by atoms with Crippen LogP contribution in [0.25, 0.3) is 9.75 Å². The average molecular weight is 270 g/mol. The number of rotatable bonds is 4. The van der Waals surface area contributed by atoms with Gasteiger partial charge in [-0.15, -0.1) is 22.7 Å². The average Bonchev–Trinajstić information content (AvgIpc) is 2.84. The van der Waals surface area contributed by atoms with Crippen LogP contribution in [0.3, 0.4) is 0 Å². The second kappa shape index (κ2) is 5.03. The zero-order chi connectivity index (χ0) is 11.5. The first kappa shape index (κ1) is 11.7. The summed E-state index contributed by atoms with van der Waals surface area (Å²) in [6, 6.07) is 7.71. The Balaban J connectivity index is 2.24. The summed E-state index contributed by atoms with van der Waals surface area (Å²) in [6.45, 7) is 0. The van der Waals surface area contributed by atoms with E-state index in [2.05, 4.69) is 18.4 Å². The molecule has 2 rings (SSSR count). The van der Waals surface area contributed by atoms with Crippen LogP contribution < -0.4 is 0 Å². The molecule has 0 saturated heterocycles. The van der Waals surface area contributed by atoms with Crippen LogP contribution in [0.15, 0.2) is 24.3 Å². The fourth-order valence-corrected chi connectivity index (χ4v) is 4.02. The van der Waals surface area contributed by atoms with Gasteiger partial charge in [-0.25, -0.2) is 4.79 Å². The first-order chi connectivity index (χ1) is 7.70. The minimum Gasteiger partial charge on any atom is -0.477 e. The normalized spacial score (nSPS) is 10.6. The lowest BCUT2D eigenvalue weighted by Crippen LogP contribution is -1.89. The van der Waals surface area contributed by atoms with Crippen molar-refractivity contribution in [2.45, 2.75) is 5.75 Å². The molecule has 0 atom stereocenters. The molecular weight excluding hydrogens is 260 g/mol. The van der Waals surface area contributed by atoms with E-state index in [0.29, 0.717) is 4.88 Å². The molecule has 16 heavy (non-hydrogen) atoms. The summed E-state index contributed by atoms with van der Waals surface area (Å²) in [6.07, 6.45) is 2.08. The minimum absolute atomic E-state index is 0.398. The monoisotopic (exact) mass is 270 g/mol. The molecular formula is C11H10O2S3. The lowest BCUT2D eigenvalue weighted by Gasteiger charge is -1.90. The fourth-order valence-electron chi connectivity index (χ4n) is 1.32. The highest BCUT2D eigenvalue weighted by Gasteiger charge is 2.09. The number of hydrogen-bond donors (Lipinski definition) is 1. The smallest absolute Gasteiger partial charge is 0.345 e. The largest absolute Gasteiger partial charge is 0.477 e. The Labute approximate surface area is 106 Å². The third-order valence-corrected chi connectivity index (χ3v) is 5.14. The van der Waals surface area contributed by atoms with E-state index in [0.717, 1.165) is 15.5 Å². The predicted octanol–water partition coefficient (Wildman–Crippen LogP) is 4.04. The van der Waals surface area contributed by atoms with Gasteiger partial charge in [0.2, 0.25) is 0 Å². The van der Waals surface area contributed by atoms with Gasteiger partial charge in [0.15, 0.2) is 0 Å². The van der Waals surface area contributed by atoms with Gasteiger partial charge in [-0.3, -0.25) is 0 Å². The van der Waals surface area contributed by atoms with Gasteiger partial charge in [-0.1, -0.05) is 0 Å². The van der Waals surface area contributed by atoms with Gasteiger partial charge in [0.1, 0.15) is 4.88 Å². The third kappa shape index (κ3) is 2.48. The second-order valence-electron chi connectivity index (χ2n) is 3.17. The Morgan fingerprint density at radius 3 is 2.56 bits per heavy atom. The molecule has 1 N–H and O–H groups in total. The molecule has 5 heteroatoms. The van der Waals surface area contributed by atoms with E-state index in [4.69, 9.17) is 5.11 Å². The summed E-state index contributed by atoms with van der Waals surface area (Å²) < 4.78 is 0. The van der Waals surface area contributed by atoms with Crippen LogP contribution in [-0.4, -0.2) is 17.3 Å². The van der Waals surface area contributed by atoms with Crippen molar-refractivity contribution in [2.24, 2.45) is 0 Å². The maximum Gasteiger partial charge on any atom is 0.345 e. The third-order valence-electron chi connectivity index (χ3n) is 2.01. The number of aromatic carboxylic acids is 1. The molecule has 0 bridgehead atoms. The van der Waals surface area contributed by atoms with E-state index in [9.17, 15) is 4.79 Å². The minimum atomic E-state index is -0.850. The Morgan fingerprint density at radius 1 is 1.25 bits per heavy atom. The van der Waals surface area contributed by atoms with E-state index < -0.39 is 5.97 Å². The van der Waals surface area contributed by atoms with Gasteiger partial charge in [0.25, 0.3) is 0 Å². The van der Waals surface area contributed by atoms with E-state index >= 15 is 0 Å². The molecule has 0 amide bonds. The highest BCUT2D eigenvalue weighted by molar-refractivity contribution is 7.97. The van der Waals surface area contributed by atoms with Crippen molar-refractivity contribution >= 4 is 40.4 Å². The first-order valence-corrected chi connectivity index (χ1v) is 7.64. The van der Waals surface area contributed by atoms with Crippen molar-refractivity contribution in [3.05, 3.63) is 34.0 Å². The van der Waals surface area contributed by atoms with E-state index in [-0.39, 0.29) is 0 Å². The highest BCUT2D eigenvalue weighted by Crippen LogP contribution is 2.34. The summed E-state index contributed by atoms with van der Waals surface area (Å²) in [5.74, 6) is 0.166. The molecule has 2 nitrogen and oxygen atoms in total. The van der Waals surface area contributed by atoms with Gasteiger partial charge >= 0.3 is 5.97 Å². The number of hydrogen-bond acceptors (Lipinski definition) is 4. The van der Waals surface area contributed by atoms with Crippen LogP contribution in [0.4, 0.5) is 0 Å². The van der Waals surface area contributed by atoms with Crippen molar-refractivity contribution in [1.82, 2.24) is 0 Å². The molecule has 0 spiro atoms. The lowest BCUT2D eigenvalue weighted by molar-refractivity contribution is 0.0702. The van der Waals surface area contributed by atoms with Gasteiger partial charge < -0.3 is 5.11 Å². The van der Waals surface area contributed by atoms with Crippen molar-refractivity contribution in [3.63, 3.8) is 0 Å². The number of thioether (sulfide) groups is 1. The van der Waals surface area contributed by atoms with Gasteiger partial charge in [-0.05, 0) is 30.5 Å². The van der Waals surface area contributed by atoms with Crippen molar-refractivity contribution in [2.75, 3.05) is 6.26 Å². The zero-order valence-electron chi connectivity index (χ0n) is 8.60. The van der Waals surface area contributed by atoms with Crippen molar-refractivity contribution in [1.29, 1.82) is 0 Å². The molecule has 2 aromatic rings. The molecule has 84 valence electrons. The van der Waals surface area contributed by atoms with Crippen LogP contribution in [0, 0.1) is 0 Å². The Morgan fingerprint density at radius 2 is 1.94 bits per heavy atom. The molecule has 0 unspecified atom stereocenters. The van der Waals surface area contributed by atoms with Gasteiger partial charge in [-0.2, -0.15) is 11.8 Å². The first-order valence-electron chi connectivity index (χ1n) is 4.62. The van der Waals surface area contributed by atoms with E-state index in [1.54, 1.807) is 29.2 Å². The van der Waals surface area contributed by atoms with E-state index in [1.165, 1.54) is 16.2 Å². The van der Waals surface area contributed by atoms with Crippen LogP contribution in [0.5, 0.6) is 0 Å². The summed E-state index contributed by atoms with van der Waals surface area (Å²) >= 11 is 4.85.